The van der Waals surface area contributed by atoms with E-state index < -0.39 is 0 Å². The second-order valence-electron chi connectivity index (χ2n) is 7.07. The van der Waals surface area contributed by atoms with Crippen molar-refractivity contribution in [1.82, 2.24) is 19.6 Å². The summed E-state index contributed by atoms with van der Waals surface area (Å²) in [4.78, 5) is 0. The number of thiocarbonyl (C=S) groups is 1. The first-order chi connectivity index (χ1) is 15.0. The van der Waals surface area contributed by atoms with Gasteiger partial charge in [-0.1, -0.05) is 53.5 Å². The molecular weight excluding hydrogens is 451 g/mol. The van der Waals surface area contributed by atoms with Crippen molar-refractivity contribution in [3.63, 3.8) is 0 Å². The van der Waals surface area contributed by atoms with Crippen LogP contribution in [0.5, 0.6) is 0 Å². The average Bonchev–Trinajstić information content (AvgIpc) is 3.35. The minimum Gasteiger partial charge on any atom is -0.330 e. The van der Waals surface area contributed by atoms with Crippen molar-refractivity contribution in [1.29, 1.82) is 0 Å². The molecule has 0 aliphatic carbocycles. The Hall–Kier alpha value is -2.87. The third-order valence-corrected chi connectivity index (χ3v) is 5.51. The molecule has 0 saturated heterocycles. The van der Waals surface area contributed by atoms with Crippen LogP contribution in [0, 0.1) is 6.92 Å². The highest BCUT2D eigenvalue weighted by atomic mass is 35.5. The van der Waals surface area contributed by atoms with Gasteiger partial charge in [0.2, 0.25) is 0 Å². The smallest absolute Gasteiger partial charge is 0.176 e. The lowest BCUT2D eigenvalue weighted by Gasteiger charge is -2.07. The van der Waals surface area contributed by atoms with Crippen LogP contribution in [0.25, 0.3) is 0 Å². The van der Waals surface area contributed by atoms with E-state index in [1.165, 1.54) is 11.1 Å². The van der Waals surface area contributed by atoms with Gasteiger partial charge in [0.15, 0.2) is 10.9 Å². The van der Waals surface area contributed by atoms with E-state index in [-0.39, 0.29) is 0 Å². The molecule has 2 aromatic heterocycles. The fourth-order valence-electron chi connectivity index (χ4n) is 3.10. The molecule has 6 nitrogen and oxygen atoms in total. The predicted octanol–water partition coefficient (Wildman–Crippen LogP) is 5.60. The molecule has 0 aliphatic heterocycles. The summed E-state index contributed by atoms with van der Waals surface area (Å²) in [6.07, 6.45) is 5.48. The molecule has 4 rings (SSSR count). The first-order valence-electron chi connectivity index (χ1n) is 9.58. The number of benzene rings is 2. The number of hydrogen-bond donors (Lipinski definition) is 2. The lowest BCUT2D eigenvalue weighted by Crippen LogP contribution is -2.19. The summed E-state index contributed by atoms with van der Waals surface area (Å²) < 4.78 is 3.65. The highest BCUT2D eigenvalue weighted by Crippen LogP contribution is 2.22. The van der Waals surface area contributed by atoms with E-state index in [0.717, 1.165) is 11.3 Å². The van der Waals surface area contributed by atoms with Gasteiger partial charge in [0.05, 0.1) is 25.0 Å². The highest BCUT2D eigenvalue weighted by Gasteiger charge is 2.07. The topological polar surface area (TPSA) is 59.7 Å². The first-order valence-corrected chi connectivity index (χ1v) is 10.7. The Labute approximate surface area is 195 Å². The molecule has 0 unspecified atom stereocenters. The lowest BCUT2D eigenvalue weighted by atomic mass is 10.1. The Kier molecular flexibility index (Phi) is 6.56. The summed E-state index contributed by atoms with van der Waals surface area (Å²) in [5, 5.41) is 16.8. The molecule has 2 N–H and O–H groups in total. The molecule has 4 aromatic rings. The standard InChI is InChI=1S/C22H20Cl2N6S/c1-15-4-2-3-5-16(15)12-29-9-8-21(28-29)27-22(31)26-19-11-25-30(14-19)13-17-6-7-18(23)10-20(17)24/h2-11,14H,12-13H2,1H3,(H2,26,27,28,31). The lowest BCUT2D eigenvalue weighted by molar-refractivity contribution is 0.687. The average molecular weight is 471 g/mol. The van der Waals surface area contributed by atoms with Crippen molar-refractivity contribution < 1.29 is 0 Å². The van der Waals surface area contributed by atoms with Crippen LogP contribution < -0.4 is 10.6 Å². The van der Waals surface area contributed by atoms with Crippen molar-refractivity contribution in [2.24, 2.45) is 0 Å². The number of rotatable bonds is 6. The zero-order valence-corrected chi connectivity index (χ0v) is 19.0. The van der Waals surface area contributed by atoms with Crippen LogP contribution in [0.4, 0.5) is 11.5 Å². The van der Waals surface area contributed by atoms with Crippen LogP contribution in [0.3, 0.4) is 0 Å². The molecule has 0 fully saturated rings. The summed E-state index contributed by atoms with van der Waals surface area (Å²) in [5.41, 5.74) is 4.16. The van der Waals surface area contributed by atoms with Crippen molar-refractivity contribution in [3.8, 4) is 0 Å². The molecule has 0 saturated carbocycles. The third kappa shape index (κ3) is 5.64. The highest BCUT2D eigenvalue weighted by molar-refractivity contribution is 7.80. The van der Waals surface area contributed by atoms with Gasteiger partial charge in [-0.05, 0) is 48.0 Å². The summed E-state index contributed by atoms with van der Waals surface area (Å²) >= 11 is 17.6. The van der Waals surface area contributed by atoms with Gasteiger partial charge in [0.1, 0.15) is 0 Å². The largest absolute Gasteiger partial charge is 0.330 e. The molecular formula is C22H20Cl2N6S. The van der Waals surface area contributed by atoms with E-state index in [4.69, 9.17) is 35.4 Å². The molecule has 0 atom stereocenters. The predicted molar refractivity (Wildman–Crippen MR) is 130 cm³/mol. The van der Waals surface area contributed by atoms with Gasteiger partial charge in [-0.2, -0.15) is 10.2 Å². The molecule has 0 aliphatic rings. The Bertz CT molecular complexity index is 1220. The van der Waals surface area contributed by atoms with Gasteiger partial charge >= 0.3 is 0 Å². The zero-order valence-electron chi connectivity index (χ0n) is 16.7. The maximum absolute atomic E-state index is 6.24. The van der Waals surface area contributed by atoms with Crippen LogP contribution in [-0.4, -0.2) is 24.7 Å². The second kappa shape index (κ2) is 9.51. The van der Waals surface area contributed by atoms with Crippen molar-refractivity contribution in [2.75, 3.05) is 10.6 Å². The molecule has 158 valence electrons. The number of nitrogens with zero attached hydrogens (tertiary/aromatic N) is 4. The summed E-state index contributed by atoms with van der Waals surface area (Å²) in [6, 6.07) is 15.6. The van der Waals surface area contributed by atoms with Crippen LogP contribution in [-0.2, 0) is 13.1 Å². The summed E-state index contributed by atoms with van der Waals surface area (Å²) in [7, 11) is 0. The maximum Gasteiger partial charge on any atom is 0.176 e. The summed E-state index contributed by atoms with van der Waals surface area (Å²) in [5.74, 6) is 0.673. The van der Waals surface area contributed by atoms with Crippen LogP contribution >= 0.6 is 35.4 Å². The normalized spacial score (nSPS) is 10.8. The number of nitrogens with one attached hydrogen (secondary N) is 2. The minimum atomic E-state index is 0.435. The Morgan fingerprint density at radius 2 is 1.81 bits per heavy atom. The molecule has 2 heterocycles. The van der Waals surface area contributed by atoms with Gasteiger partial charge in [0, 0.05) is 28.5 Å². The van der Waals surface area contributed by atoms with Gasteiger partial charge < -0.3 is 10.6 Å². The van der Waals surface area contributed by atoms with E-state index in [1.54, 1.807) is 16.9 Å². The maximum atomic E-state index is 6.24. The number of hydrogen-bond acceptors (Lipinski definition) is 3. The molecule has 0 bridgehead atoms. The minimum absolute atomic E-state index is 0.435. The van der Waals surface area contributed by atoms with Crippen molar-refractivity contribution in [3.05, 3.63) is 93.9 Å². The zero-order chi connectivity index (χ0) is 21.8. The SMILES string of the molecule is Cc1ccccc1Cn1ccc(NC(=S)Nc2cnn(Cc3ccc(Cl)cc3Cl)c2)n1. The molecule has 31 heavy (non-hydrogen) atoms. The van der Waals surface area contributed by atoms with Crippen LogP contribution in [0.1, 0.15) is 16.7 Å². The van der Waals surface area contributed by atoms with Gasteiger partial charge in [-0.3, -0.25) is 9.36 Å². The fourth-order valence-corrected chi connectivity index (χ4v) is 3.79. The van der Waals surface area contributed by atoms with E-state index in [2.05, 4.69) is 39.9 Å². The molecule has 9 heteroatoms. The molecule has 0 amide bonds. The molecule has 2 aromatic carbocycles. The first kappa shape index (κ1) is 21.4. The van der Waals surface area contributed by atoms with E-state index >= 15 is 0 Å². The Morgan fingerprint density at radius 3 is 2.61 bits per heavy atom. The quantitative estimate of drug-likeness (QED) is 0.359. The van der Waals surface area contributed by atoms with Gasteiger partial charge in [0.25, 0.3) is 0 Å². The molecule has 0 radical (unpaired) electrons. The summed E-state index contributed by atoms with van der Waals surface area (Å²) in [6.45, 7) is 3.33. The van der Waals surface area contributed by atoms with E-state index in [0.29, 0.717) is 34.1 Å². The van der Waals surface area contributed by atoms with E-state index in [1.807, 2.05) is 47.4 Å². The van der Waals surface area contributed by atoms with Crippen LogP contribution in [0.15, 0.2) is 67.1 Å². The number of anilines is 2. The number of aryl methyl sites for hydroxylation is 1. The molecule has 0 spiro atoms. The number of aromatic nitrogens is 4. The fraction of sp³-hybridized carbons (Fsp3) is 0.136. The van der Waals surface area contributed by atoms with E-state index in [9.17, 15) is 0 Å². The second-order valence-corrected chi connectivity index (χ2v) is 8.32. The van der Waals surface area contributed by atoms with Crippen LogP contribution in [0.2, 0.25) is 10.0 Å². The Balaban J connectivity index is 1.33. The van der Waals surface area contributed by atoms with Crippen molar-refractivity contribution >= 4 is 52.0 Å². The monoisotopic (exact) mass is 470 g/mol. The number of halogens is 2. The Morgan fingerprint density at radius 1 is 1.00 bits per heavy atom. The van der Waals surface area contributed by atoms with Gasteiger partial charge in [-0.15, -0.1) is 0 Å². The van der Waals surface area contributed by atoms with Gasteiger partial charge in [-0.25, -0.2) is 0 Å². The third-order valence-electron chi connectivity index (χ3n) is 4.71. The van der Waals surface area contributed by atoms with Crippen molar-refractivity contribution in [2.45, 2.75) is 20.0 Å².